The lowest BCUT2D eigenvalue weighted by molar-refractivity contribution is -0.146. The van der Waals surface area contributed by atoms with E-state index >= 15 is 0 Å². The quantitative estimate of drug-likeness (QED) is 0.479. The van der Waals surface area contributed by atoms with Gasteiger partial charge in [0.1, 0.15) is 10.8 Å². The number of Topliss-reactive ketones (excluding diaryl/α,β-unsaturated/α-hetero) is 1. The number of hydrogen-bond acceptors (Lipinski definition) is 7. The van der Waals surface area contributed by atoms with Crippen LogP contribution in [0.2, 0.25) is 5.15 Å². The van der Waals surface area contributed by atoms with Gasteiger partial charge in [0.25, 0.3) is 0 Å². The van der Waals surface area contributed by atoms with Crippen molar-refractivity contribution in [2.75, 3.05) is 7.11 Å². The van der Waals surface area contributed by atoms with Gasteiger partial charge in [-0.05, 0) is 32.9 Å². The van der Waals surface area contributed by atoms with Crippen LogP contribution in [-0.2, 0) is 15.1 Å². The molecule has 28 heavy (non-hydrogen) atoms. The van der Waals surface area contributed by atoms with Gasteiger partial charge < -0.3 is 15.2 Å². The molecule has 0 amide bonds. The standard InChI is InChI=1S/C20H20ClN3O4/c1-19(2,3)28-18(26)16-20(22,12-7-5-6-8-13(12)23-16)17(25)11-9-14(21)24-15(10-11)27-4/h5-10H,22H2,1-4H3. The number of aromatic nitrogens is 1. The van der Waals surface area contributed by atoms with Crippen molar-refractivity contribution in [3.63, 3.8) is 0 Å². The zero-order chi connectivity index (χ0) is 20.7. The molecule has 0 radical (unpaired) electrons. The number of nitrogens with zero attached hydrogens (tertiary/aromatic N) is 2. The Morgan fingerprint density at radius 2 is 1.86 bits per heavy atom. The number of halogens is 1. The van der Waals surface area contributed by atoms with E-state index in [0.29, 0.717) is 11.3 Å². The van der Waals surface area contributed by atoms with Crippen LogP contribution in [0.4, 0.5) is 5.69 Å². The third-order valence-corrected chi connectivity index (χ3v) is 4.32. The molecule has 2 heterocycles. The Labute approximate surface area is 167 Å². The van der Waals surface area contributed by atoms with Gasteiger partial charge in [0.15, 0.2) is 17.0 Å². The number of ketones is 1. The normalized spacial score (nSPS) is 18.3. The molecule has 8 heteroatoms. The van der Waals surface area contributed by atoms with Crippen molar-refractivity contribution in [3.05, 3.63) is 52.7 Å². The van der Waals surface area contributed by atoms with Gasteiger partial charge in [-0.25, -0.2) is 14.8 Å². The van der Waals surface area contributed by atoms with Crippen LogP contribution in [0.1, 0.15) is 36.7 Å². The highest BCUT2D eigenvalue weighted by molar-refractivity contribution is 6.48. The van der Waals surface area contributed by atoms with E-state index in [1.54, 1.807) is 45.0 Å². The van der Waals surface area contributed by atoms with Gasteiger partial charge in [-0.3, -0.25) is 4.79 Å². The summed E-state index contributed by atoms with van der Waals surface area (Å²) >= 11 is 6.01. The zero-order valence-electron chi connectivity index (χ0n) is 15.9. The maximum Gasteiger partial charge on any atom is 0.356 e. The number of pyridine rings is 1. The van der Waals surface area contributed by atoms with Gasteiger partial charge in [-0.2, -0.15) is 0 Å². The van der Waals surface area contributed by atoms with Crippen LogP contribution < -0.4 is 10.5 Å². The van der Waals surface area contributed by atoms with Crippen molar-refractivity contribution in [2.45, 2.75) is 31.9 Å². The maximum absolute atomic E-state index is 13.5. The fourth-order valence-electron chi connectivity index (χ4n) is 2.94. The number of esters is 1. The van der Waals surface area contributed by atoms with E-state index in [-0.39, 0.29) is 22.3 Å². The molecule has 0 spiro atoms. The predicted molar refractivity (Wildman–Crippen MR) is 105 cm³/mol. The number of carbonyl (C=O) groups excluding carboxylic acids is 2. The van der Waals surface area contributed by atoms with Gasteiger partial charge in [0, 0.05) is 17.2 Å². The number of nitrogens with two attached hydrogens (primary N) is 1. The van der Waals surface area contributed by atoms with Crippen molar-refractivity contribution in [1.29, 1.82) is 0 Å². The topological polar surface area (TPSA) is 104 Å². The highest BCUT2D eigenvalue weighted by atomic mass is 35.5. The van der Waals surface area contributed by atoms with Gasteiger partial charge in [-0.15, -0.1) is 0 Å². The van der Waals surface area contributed by atoms with Gasteiger partial charge in [0.05, 0.1) is 12.8 Å². The molecule has 3 rings (SSSR count). The minimum Gasteiger partial charge on any atom is -0.481 e. The molecule has 0 saturated carbocycles. The molecule has 0 saturated heterocycles. The van der Waals surface area contributed by atoms with Crippen LogP contribution in [0, 0.1) is 0 Å². The summed E-state index contributed by atoms with van der Waals surface area (Å²) in [6.45, 7) is 5.17. The molecule has 0 bridgehead atoms. The van der Waals surface area contributed by atoms with E-state index in [2.05, 4.69) is 9.98 Å². The number of benzene rings is 1. The summed E-state index contributed by atoms with van der Waals surface area (Å²) in [7, 11) is 1.41. The summed E-state index contributed by atoms with van der Waals surface area (Å²) in [5.41, 5.74) is 4.78. The Morgan fingerprint density at radius 1 is 1.18 bits per heavy atom. The Morgan fingerprint density at radius 3 is 2.50 bits per heavy atom. The minimum atomic E-state index is -1.82. The van der Waals surface area contributed by atoms with Crippen LogP contribution in [0.3, 0.4) is 0 Å². The highest BCUT2D eigenvalue weighted by Gasteiger charge is 2.51. The fourth-order valence-corrected chi connectivity index (χ4v) is 3.14. The Bertz CT molecular complexity index is 997. The SMILES string of the molecule is COc1cc(C(=O)C2(N)C(C(=O)OC(C)(C)C)=Nc3ccccc32)cc(Cl)n1. The molecule has 1 aliphatic heterocycles. The summed E-state index contributed by atoms with van der Waals surface area (Å²) in [6, 6.07) is 9.60. The van der Waals surface area contributed by atoms with Crippen molar-refractivity contribution in [2.24, 2.45) is 10.7 Å². The summed E-state index contributed by atoms with van der Waals surface area (Å²) in [5.74, 6) is -1.17. The molecule has 146 valence electrons. The number of aliphatic imine (C=N–C) groups is 1. The monoisotopic (exact) mass is 401 g/mol. The predicted octanol–water partition coefficient (Wildman–Crippen LogP) is 3.21. The van der Waals surface area contributed by atoms with Crippen molar-refractivity contribution in [3.8, 4) is 5.88 Å². The Kier molecular flexibility index (Phi) is 4.99. The van der Waals surface area contributed by atoms with E-state index in [1.165, 1.54) is 19.2 Å². The second kappa shape index (κ2) is 7.00. The van der Waals surface area contributed by atoms with E-state index in [9.17, 15) is 9.59 Å². The molecule has 1 atom stereocenters. The summed E-state index contributed by atoms with van der Waals surface area (Å²) in [4.78, 5) is 34.6. The van der Waals surface area contributed by atoms with E-state index in [4.69, 9.17) is 26.8 Å². The molecule has 0 aliphatic carbocycles. The second-order valence-electron chi connectivity index (χ2n) is 7.34. The average Bonchev–Trinajstić information content (AvgIpc) is 2.93. The third kappa shape index (κ3) is 3.50. The number of hydrogen-bond donors (Lipinski definition) is 1. The maximum atomic E-state index is 13.5. The summed E-state index contributed by atoms with van der Waals surface area (Å²) in [6.07, 6.45) is 0. The van der Waals surface area contributed by atoms with Crippen LogP contribution in [0.5, 0.6) is 5.88 Å². The fraction of sp³-hybridized carbons (Fsp3) is 0.300. The smallest absolute Gasteiger partial charge is 0.356 e. The van der Waals surface area contributed by atoms with Crippen LogP contribution >= 0.6 is 11.6 Å². The lowest BCUT2D eigenvalue weighted by atomic mass is 9.81. The average molecular weight is 402 g/mol. The number of fused-ring (bicyclic) bond motifs is 1. The molecular weight excluding hydrogens is 382 g/mol. The first kappa shape index (κ1) is 20.0. The number of methoxy groups -OCH3 is 1. The van der Waals surface area contributed by atoms with Gasteiger partial charge in [-0.1, -0.05) is 29.8 Å². The zero-order valence-corrected chi connectivity index (χ0v) is 16.7. The van der Waals surface area contributed by atoms with Crippen molar-refractivity contribution < 1.29 is 19.1 Å². The molecule has 1 aliphatic rings. The van der Waals surface area contributed by atoms with Crippen LogP contribution in [0.25, 0.3) is 0 Å². The second-order valence-corrected chi connectivity index (χ2v) is 7.72. The van der Waals surface area contributed by atoms with Crippen molar-refractivity contribution in [1.82, 2.24) is 4.98 Å². The molecule has 0 fully saturated rings. The third-order valence-electron chi connectivity index (χ3n) is 4.13. The summed E-state index contributed by atoms with van der Waals surface area (Å²) < 4.78 is 10.5. The van der Waals surface area contributed by atoms with E-state index in [0.717, 1.165) is 0 Å². The van der Waals surface area contributed by atoms with E-state index in [1.807, 2.05) is 0 Å². The van der Waals surface area contributed by atoms with Gasteiger partial charge in [0.2, 0.25) is 5.88 Å². The van der Waals surface area contributed by atoms with Gasteiger partial charge >= 0.3 is 5.97 Å². The number of para-hydroxylation sites is 1. The van der Waals surface area contributed by atoms with E-state index < -0.39 is 22.9 Å². The number of ether oxygens (including phenoxy) is 2. The molecule has 7 nitrogen and oxygen atoms in total. The number of rotatable bonds is 4. The molecule has 1 unspecified atom stereocenters. The highest BCUT2D eigenvalue weighted by Crippen LogP contribution is 2.40. The molecular formula is C20H20ClN3O4. The molecule has 2 aromatic rings. The van der Waals surface area contributed by atoms with Crippen molar-refractivity contribution >= 4 is 34.8 Å². The largest absolute Gasteiger partial charge is 0.481 e. The lowest BCUT2D eigenvalue weighted by Gasteiger charge is -2.27. The lowest BCUT2D eigenvalue weighted by Crippen LogP contribution is -2.54. The Balaban J connectivity index is 2.14. The Hall–Kier alpha value is -2.77. The molecule has 2 N–H and O–H groups in total. The molecule has 1 aromatic heterocycles. The van der Waals surface area contributed by atoms with Crippen LogP contribution in [0.15, 0.2) is 41.4 Å². The first-order valence-corrected chi connectivity index (χ1v) is 8.91. The van der Waals surface area contributed by atoms with Crippen LogP contribution in [-0.4, -0.2) is 35.2 Å². The summed E-state index contributed by atoms with van der Waals surface area (Å²) in [5, 5.41) is 0.0633. The minimum absolute atomic E-state index is 0.0633. The first-order valence-electron chi connectivity index (χ1n) is 8.53. The molecule has 1 aromatic carbocycles. The first-order chi connectivity index (χ1) is 13.1. The number of carbonyl (C=O) groups is 2.